The maximum absolute atomic E-state index is 13.1. The van der Waals surface area contributed by atoms with Gasteiger partial charge in [-0.3, -0.25) is 24.2 Å². The van der Waals surface area contributed by atoms with Crippen molar-refractivity contribution in [2.24, 2.45) is 21.9 Å². The lowest BCUT2D eigenvalue weighted by Gasteiger charge is -2.61. The summed E-state index contributed by atoms with van der Waals surface area (Å²) in [6, 6.07) is 3.34. The van der Waals surface area contributed by atoms with Crippen molar-refractivity contribution in [2.75, 3.05) is 61.0 Å². The zero-order valence-electron chi connectivity index (χ0n) is 34.0. The number of ether oxygens (including phenoxy) is 3. The van der Waals surface area contributed by atoms with Crippen LogP contribution in [0.25, 0.3) is 0 Å². The number of Topliss-reactive ketones (excluding diaryl/α,β-unsaturated/α-hetero) is 2. The number of nitrogens with one attached hydrogen (secondary N) is 3. The van der Waals surface area contributed by atoms with Crippen LogP contribution in [-0.2, 0) is 35.8 Å². The number of carbonyl (C=O) groups is 5. The second-order valence-corrected chi connectivity index (χ2v) is 16.0. The summed E-state index contributed by atoms with van der Waals surface area (Å²) in [7, 11) is 7.38. The van der Waals surface area contributed by atoms with Crippen molar-refractivity contribution in [3.05, 3.63) is 35.1 Å². The number of hydrogen-bond donors (Lipinski definition) is 6. The first-order valence-electron chi connectivity index (χ1n) is 19.0. The molecule has 1 spiro atoms. The number of nitrogens with two attached hydrogens (primary N) is 2. The van der Waals surface area contributed by atoms with Gasteiger partial charge in [0.15, 0.2) is 29.3 Å². The van der Waals surface area contributed by atoms with Crippen LogP contribution in [-0.4, -0.2) is 135 Å². The van der Waals surface area contributed by atoms with Gasteiger partial charge in [-0.2, -0.15) is 0 Å². The smallest absolute Gasteiger partial charge is 0.414 e. The maximum atomic E-state index is 13.1. The molecule has 1 saturated heterocycles. The van der Waals surface area contributed by atoms with Gasteiger partial charge in [-0.1, -0.05) is 19.9 Å². The number of aliphatic hydroxyl groups is 1. The summed E-state index contributed by atoms with van der Waals surface area (Å²) < 4.78 is 18.2. The quantitative estimate of drug-likeness (QED) is 0.0580. The Hall–Kier alpha value is -4.74. The molecule has 0 aromatic heterocycles. The lowest BCUT2D eigenvalue weighted by atomic mass is 9.50. The first-order valence-corrected chi connectivity index (χ1v) is 19.0. The predicted octanol–water partition coefficient (Wildman–Crippen LogP) is 0.496. The second-order valence-electron chi connectivity index (χ2n) is 16.0. The maximum Gasteiger partial charge on any atom is 0.414 e. The number of hydrogen-bond acceptors (Lipinski definition) is 12. The average Bonchev–Trinajstić information content (AvgIpc) is 3.47. The van der Waals surface area contributed by atoms with Gasteiger partial charge < -0.3 is 56.5 Å². The molecule has 1 fully saturated rings. The summed E-state index contributed by atoms with van der Waals surface area (Å²) >= 11 is 0. The van der Waals surface area contributed by atoms with Crippen molar-refractivity contribution in [1.29, 1.82) is 0 Å². The molecule has 5 atom stereocenters. The SMILES string of the molecule is CC(=O)CC(=O)NCC(=O)N[C@@H](CCCN=C(N)N)C(C)=O.CNCC(C)(C)CN(C)C(=O)OC1=CC[C@@]2(O)[C@H]3Cc4ccc(OC)c5c4[C@@]2(CCN3C)[C@H]1O5. The molecule has 2 aliphatic heterocycles. The van der Waals surface area contributed by atoms with Crippen molar-refractivity contribution in [1.82, 2.24) is 25.8 Å². The molecule has 56 heavy (non-hydrogen) atoms. The summed E-state index contributed by atoms with van der Waals surface area (Å²) in [5, 5.41) is 20.2. The fourth-order valence-electron chi connectivity index (χ4n) is 8.60. The molecular formula is C39H60N8O9. The molecule has 2 heterocycles. The van der Waals surface area contributed by atoms with Crippen molar-refractivity contribution in [3.63, 3.8) is 0 Å². The van der Waals surface area contributed by atoms with E-state index in [2.05, 4.69) is 52.8 Å². The number of amides is 3. The number of rotatable bonds is 16. The van der Waals surface area contributed by atoms with Crippen LogP contribution in [0.15, 0.2) is 29.0 Å². The molecule has 1 aromatic rings. The van der Waals surface area contributed by atoms with Crippen LogP contribution in [0.5, 0.6) is 11.5 Å². The zero-order chi connectivity index (χ0) is 41.6. The molecule has 17 nitrogen and oxygen atoms in total. The summed E-state index contributed by atoms with van der Waals surface area (Å²) in [6.45, 7) is 9.09. The van der Waals surface area contributed by atoms with Crippen molar-refractivity contribution in [2.45, 2.75) is 95.4 Å². The monoisotopic (exact) mass is 784 g/mol. The standard InChI is InChI=1S/C26H37N3O5.C13H23N5O4/c1-24(2,14-27-3)15-29(5)23(30)33-18-9-10-26(31)19-13-16-7-8-17(32-6)21-20(16)25(26,22(18)34-21)11-12-28(19)4;1-8(19)6-11(21)17-7-12(22)18-10(9(2)20)4-3-5-16-13(14)15/h7-9,19,22,27,31H,10-15H2,1-6H3;10H,3-7H2,1-2H3,(H,17,21)(H,18,22)(H4,14,15,16)/t19-,22+,25+,26-;10-/m10/s1. The molecule has 8 N–H and O–H groups in total. The van der Waals surface area contributed by atoms with Crippen LogP contribution in [0, 0.1) is 5.41 Å². The van der Waals surface area contributed by atoms with Crippen molar-refractivity contribution in [3.8, 4) is 11.5 Å². The van der Waals surface area contributed by atoms with Crippen LogP contribution >= 0.6 is 0 Å². The lowest BCUT2D eigenvalue weighted by molar-refractivity contribution is -0.163. The Bertz CT molecular complexity index is 1730. The number of likely N-dealkylation sites (tertiary alicyclic amines) is 1. The van der Waals surface area contributed by atoms with Gasteiger partial charge in [0, 0.05) is 44.7 Å². The number of aliphatic imine (C=N–C) groups is 1. The molecule has 2 aliphatic carbocycles. The number of benzene rings is 1. The van der Waals surface area contributed by atoms with E-state index in [1.165, 1.54) is 19.4 Å². The highest BCUT2D eigenvalue weighted by Gasteiger charge is 2.72. The third kappa shape index (κ3) is 9.44. The van der Waals surface area contributed by atoms with Gasteiger partial charge in [0.05, 0.1) is 37.1 Å². The summed E-state index contributed by atoms with van der Waals surface area (Å²) in [5.74, 6) is 0.262. The van der Waals surface area contributed by atoms with E-state index in [9.17, 15) is 29.1 Å². The molecule has 5 rings (SSSR count). The van der Waals surface area contributed by atoms with E-state index < -0.39 is 41.1 Å². The van der Waals surface area contributed by atoms with E-state index in [0.29, 0.717) is 56.0 Å². The third-order valence-corrected chi connectivity index (χ3v) is 11.0. The van der Waals surface area contributed by atoms with Crippen LogP contribution < -0.4 is 36.9 Å². The summed E-state index contributed by atoms with van der Waals surface area (Å²) in [6.07, 6.45) is 3.40. The van der Waals surface area contributed by atoms with Gasteiger partial charge in [0.1, 0.15) is 11.5 Å². The van der Waals surface area contributed by atoms with Gasteiger partial charge in [-0.25, -0.2) is 4.79 Å². The van der Waals surface area contributed by atoms with Gasteiger partial charge in [0.25, 0.3) is 0 Å². The number of piperidine rings is 1. The molecule has 310 valence electrons. The van der Waals surface area contributed by atoms with Gasteiger partial charge >= 0.3 is 6.09 Å². The molecule has 1 aromatic carbocycles. The second kappa shape index (κ2) is 18.0. The molecule has 3 amide bonds. The van der Waals surface area contributed by atoms with Crippen LogP contribution in [0.4, 0.5) is 4.79 Å². The first kappa shape index (κ1) is 44.0. The highest BCUT2D eigenvalue weighted by atomic mass is 16.6. The van der Waals surface area contributed by atoms with Crippen LogP contribution in [0.1, 0.15) is 70.9 Å². The number of ketones is 2. The number of guanidine groups is 1. The van der Waals surface area contributed by atoms with E-state index in [0.717, 1.165) is 25.1 Å². The number of nitrogens with zero attached hydrogens (tertiary/aromatic N) is 3. The van der Waals surface area contributed by atoms with Gasteiger partial charge in [-0.15, -0.1) is 0 Å². The van der Waals surface area contributed by atoms with E-state index >= 15 is 0 Å². The molecule has 4 aliphatic rings. The minimum Gasteiger partial charge on any atom is -0.493 e. The lowest BCUT2D eigenvalue weighted by Crippen LogP contribution is -2.74. The van der Waals surface area contributed by atoms with Crippen molar-refractivity contribution >= 4 is 35.4 Å². The Morgan fingerprint density at radius 1 is 1.18 bits per heavy atom. The summed E-state index contributed by atoms with van der Waals surface area (Å²) in [4.78, 5) is 65.9. The molecular weight excluding hydrogens is 724 g/mol. The normalized spacial score (nSPS) is 23.4. The summed E-state index contributed by atoms with van der Waals surface area (Å²) in [5.41, 5.74) is 10.8. The Morgan fingerprint density at radius 3 is 2.52 bits per heavy atom. The van der Waals surface area contributed by atoms with E-state index in [1.807, 2.05) is 19.2 Å². The van der Waals surface area contributed by atoms with Crippen molar-refractivity contribution < 1.29 is 43.3 Å². The number of likely N-dealkylation sites (N-methyl/N-ethyl adjacent to an activating group) is 1. The highest BCUT2D eigenvalue weighted by molar-refractivity contribution is 5.98. The van der Waals surface area contributed by atoms with E-state index in [-0.39, 0.29) is 41.9 Å². The fourth-order valence-corrected chi connectivity index (χ4v) is 8.60. The van der Waals surface area contributed by atoms with Gasteiger partial charge in [0.2, 0.25) is 11.8 Å². The Balaban J connectivity index is 0.000000277. The first-order chi connectivity index (χ1) is 26.3. The molecule has 0 unspecified atom stereocenters. The minimum absolute atomic E-state index is 0.0299. The molecule has 2 bridgehead atoms. The molecule has 0 radical (unpaired) electrons. The van der Waals surface area contributed by atoms with Crippen LogP contribution in [0.3, 0.4) is 0 Å². The van der Waals surface area contributed by atoms with E-state index in [1.54, 1.807) is 19.1 Å². The largest absolute Gasteiger partial charge is 0.493 e. The predicted molar refractivity (Wildman–Crippen MR) is 209 cm³/mol. The Labute approximate surface area is 328 Å². The Morgan fingerprint density at radius 2 is 1.89 bits per heavy atom. The number of carbonyl (C=O) groups excluding carboxylic acids is 5. The molecule has 0 saturated carbocycles. The fraction of sp³-hybridized carbons (Fsp3) is 0.641. The topological polar surface area (TPSA) is 240 Å². The highest BCUT2D eigenvalue weighted by Crippen LogP contribution is 2.65. The number of methoxy groups -OCH3 is 1. The van der Waals surface area contributed by atoms with Crippen LogP contribution in [0.2, 0.25) is 0 Å². The average molecular weight is 785 g/mol. The zero-order valence-corrected chi connectivity index (χ0v) is 34.0. The minimum atomic E-state index is -1.01. The van der Waals surface area contributed by atoms with Gasteiger partial charge in [-0.05, 0) is 83.3 Å². The Kier molecular flexibility index (Phi) is 14.2. The van der Waals surface area contributed by atoms with E-state index in [4.69, 9.17) is 25.7 Å². The molecule has 17 heteroatoms. The third-order valence-electron chi connectivity index (χ3n) is 11.0.